The number of carbonyl (C=O) groups excluding carboxylic acids is 1. The van der Waals surface area contributed by atoms with Crippen molar-refractivity contribution in [2.45, 2.75) is 37.6 Å². The lowest BCUT2D eigenvalue weighted by molar-refractivity contribution is -0.150. The second-order valence-electron chi connectivity index (χ2n) is 3.34. The molecule has 1 saturated heterocycles. The van der Waals surface area contributed by atoms with Crippen molar-refractivity contribution in [1.82, 2.24) is 4.90 Å². The number of rotatable bonds is 1. The fourth-order valence-electron chi connectivity index (χ4n) is 1.56. The highest BCUT2D eigenvalue weighted by molar-refractivity contribution is 6.32. The molecule has 5 heteroatoms. The van der Waals surface area contributed by atoms with Gasteiger partial charge in [0.2, 0.25) is 0 Å². The smallest absolute Gasteiger partial charge is 0.334 e. The van der Waals surface area contributed by atoms with Crippen molar-refractivity contribution in [3.05, 3.63) is 0 Å². The lowest BCUT2D eigenvalue weighted by atomic mass is 10.0. The Labute approximate surface area is 80.8 Å². The first kappa shape index (κ1) is 10.7. The van der Waals surface area contributed by atoms with Crippen molar-refractivity contribution in [2.24, 2.45) is 0 Å². The molecular formula is C8H12ClF2NO. The molecule has 1 amide bonds. The summed E-state index contributed by atoms with van der Waals surface area (Å²) in [5.41, 5.74) is 0. The van der Waals surface area contributed by atoms with E-state index in [1.807, 2.05) is 0 Å². The van der Waals surface area contributed by atoms with Crippen molar-refractivity contribution in [2.75, 3.05) is 6.54 Å². The fraction of sp³-hybridized carbons (Fsp3) is 0.875. The average molecular weight is 212 g/mol. The molecule has 1 aliphatic rings. The van der Waals surface area contributed by atoms with Crippen LogP contribution in [0.25, 0.3) is 0 Å². The van der Waals surface area contributed by atoms with Crippen LogP contribution in [0.4, 0.5) is 8.78 Å². The zero-order chi connectivity index (χ0) is 10.1. The number of carbonyl (C=O) groups is 1. The summed E-state index contributed by atoms with van der Waals surface area (Å²) in [5, 5.41) is -3.74. The molecule has 1 rings (SSSR count). The standard InChI is InChI=1S/C8H12ClF2NO/c1-6-4-2-3-5-12(6)7(13)8(9,10)11/h6H,2-5H2,1H3. The minimum absolute atomic E-state index is 0.120. The third-order valence-electron chi connectivity index (χ3n) is 2.31. The van der Waals surface area contributed by atoms with E-state index in [4.69, 9.17) is 0 Å². The Morgan fingerprint density at radius 1 is 1.54 bits per heavy atom. The molecule has 0 N–H and O–H groups in total. The van der Waals surface area contributed by atoms with Gasteiger partial charge in [0.15, 0.2) is 0 Å². The number of likely N-dealkylation sites (tertiary alicyclic amines) is 1. The van der Waals surface area contributed by atoms with Gasteiger partial charge in [0.25, 0.3) is 0 Å². The molecule has 0 aromatic heterocycles. The Morgan fingerprint density at radius 3 is 2.62 bits per heavy atom. The molecular weight excluding hydrogens is 200 g/mol. The van der Waals surface area contributed by atoms with E-state index in [0.717, 1.165) is 24.2 Å². The number of piperidine rings is 1. The molecule has 1 fully saturated rings. The molecule has 0 aromatic carbocycles. The van der Waals surface area contributed by atoms with Crippen LogP contribution in [0.2, 0.25) is 0 Å². The van der Waals surface area contributed by atoms with Crippen molar-refractivity contribution in [3.63, 3.8) is 0 Å². The molecule has 13 heavy (non-hydrogen) atoms. The van der Waals surface area contributed by atoms with Crippen LogP contribution in [0.1, 0.15) is 26.2 Å². The van der Waals surface area contributed by atoms with Gasteiger partial charge in [0, 0.05) is 12.6 Å². The molecule has 0 spiro atoms. The SMILES string of the molecule is CC1CCCCN1C(=O)C(F)(F)Cl. The Balaban J connectivity index is 2.64. The predicted molar refractivity (Wildman–Crippen MR) is 45.8 cm³/mol. The van der Waals surface area contributed by atoms with Crippen LogP contribution in [0.3, 0.4) is 0 Å². The van der Waals surface area contributed by atoms with Crippen molar-refractivity contribution in [3.8, 4) is 0 Å². The molecule has 0 radical (unpaired) electrons. The topological polar surface area (TPSA) is 20.3 Å². The summed E-state index contributed by atoms with van der Waals surface area (Å²) in [6.07, 6.45) is 2.54. The first-order chi connectivity index (χ1) is 5.93. The second-order valence-corrected chi connectivity index (χ2v) is 3.82. The molecule has 2 nitrogen and oxygen atoms in total. The second kappa shape index (κ2) is 3.78. The van der Waals surface area contributed by atoms with Crippen LogP contribution >= 0.6 is 11.6 Å². The molecule has 1 heterocycles. The predicted octanol–water partition coefficient (Wildman–Crippen LogP) is 2.22. The zero-order valence-corrected chi connectivity index (χ0v) is 8.15. The number of halogens is 3. The largest absolute Gasteiger partial charge is 0.399 e. The van der Waals surface area contributed by atoms with Gasteiger partial charge in [0.1, 0.15) is 0 Å². The van der Waals surface area contributed by atoms with Crippen LogP contribution < -0.4 is 0 Å². The van der Waals surface area contributed by atoms with Gasteiger partial charge in [0.05, 0.1) is 0 Å². The van der Waals surface area contributed by atoms with Crippen LogP contribution in [-0.2, 0) is 4.79 Å². The highest BCUT2D eigenvalue weighted by Crippen LogP contribution is 2.26. The van der Waals surface area contributed by atoms with Gasteiger partial charge in [-0.3, -0.25) is 4.79 Å². The lowest BCUT2D eigenvalue weighted by Gasteiger charge is -2.34. The summed E-state index contributed by atoms with van der Waals surface area (Å²) in [4.78, 5) is 12.2. The minimum Gasteiger partial charge on any atom is -0.334 e. The van der Waals surface area contributed by atoms with Gasteiger partial charge >= 0.3 is 11.3 Å². The summed E-state index contributed by atoms with van der Waals surface area (Å²) in [7, 11) is 0. The third kappa shape index (κ3) is 2.53. The van der Waals surface area contributed by atoms with Crippen LogP contribution in [-0.4, -0.2) is 28.8 Å². The number of hydrogen-bond acceptors (Lipinski definition) is 1. The number of amides is 1. The van der Waals surface area contributed by atoms with Crippen molar-refractivity contribution in [1.29, 1.82) is 0 Å². The lowest BCUT2D eigenvalue weighted by Crippen LogP contribution is -2.47. The van der Waals surface area contributed by atoms with Gasteiger partial charge in [-0.05, 0) is 37.8 Å². The number of nitrogens with zero attached hydrogens (tertiary/aromatic N) is 1. The summed E-state index contributed by atoms with van der Waals surface area (Å²) in [6.45, 7) is 2.15. The van der Waals surface area contributed by atoms with E-state index in [1.165, 1.54) is 0 Å². The van der Waals surface area contributed by atoms with Gasteiger partial charge in [-0.15, -0.1) is 0 Å². The first-order valence-electron chi connectivity index (χ1n) is 4.30. The minimum atomic E-state index is -3.74. The maximum absolute atomic E-state index is 12.4. The molecule has 1 atom stereocenters. The molecule has 1 unspecified atom stereocenters. The fourth-order valence-corrected chi connectivity index (χ4v) is 1.67. The molecule has 76 valence electrons. The summed E-state index contributed by atoms with van der Waals surface area (Å²) >= 11 is 4.66. The van der Waals surface area contributed by atoms with E-state index in [-0.39, 0.29) is 6.04 Å². The van der Waals surface area contributed by atoms with Crippen LogP contribution in [0.5, 0.6) is 0 Å². The highest BCUT2D eigenvalue weighted by atomic mass is 35.5. The Hall–Kier alpha value is -0.380. The summed E-state index contributed by atoms with van der Waals surface area (Å²) in [5.74, 6) is -1.26. The Bertz CT molecular complexity index is 205. The van der Waals surface area contributed by atoms with E-state index in [1.54, 1.807) is 6.92 Å². The van der Waals surface area contributed by atoms with E-state index >= 15 is 0 Å². The molecule has 0 saturated carbocycles. The van der Waals surface area contributed by atoms with Gasteiger partial charge in [-0.25, -0.2) is 0 Å². The average Bonchev–Trinajstić information content (AvgIpc) is 2.02. The highest BCUT2D eigenvalue weighted by Gasteiger charge is 2.41. The maximum atomic E-state index is 12.4. The maximum Gasteiger partial charge on any atom is 0.399 e. The van der Waals surface area contributed by atoms with E-state index in [0.29, 0.717) is 6.54 Å². The third-order valence-corrected chi connectivity index (χ3v) is 2.47. The molecule has 0 bridgehead atoms. The van der Waals surface area contributed by atoms with E-state index in [9.17, 15) is 13.6 Å². The zero-order valence-electron chi connectivity index (χ0n) is 7.40. The van der Waals surface area contributed by atoms with Gasteiger partial charge in [-0.2, -0.15) is 8.78 Å². The van der Waals surface area contributed by atoms with E-state index in [2.05, 4.69) is 11.6 Å². The van der Waals surface area contributed by atoms with Gasteiger partial charge < -0.3 is 4.90 Å². The Kier molecular flexibility index (Phi) is 3.11. The first-order valence-corrected chi connectivity index (χ1v) is 4.68. The van der Waals surface area contributed by atoms with Crippen LogP contribution in [0.15, 0.2) is 0 Å². The summed E-state index contributed by atoms with van der Waals surface area (Å²) < 4.78 is 24.9. The van der Waals surface area contributed by atoms with Crippen molar-refractivity contribution >= 4 is 17.5 Å². The number of alkyl halides is 3. The van der Waals surface area contributed by atoms with E-state index < -0.39 is 11.3 Å². The number of hydrogen-bond donors (Lipinski definition) is 0. The molecule has 1 aliphatic heterocycles. The normalized spacial score (nSPS) is 24.6. The Morgan fingerprint density at radius 2 is 2.15 bits per heavy atom. The molecule has 0 aliphatic carbocycles. The molecule has 0 aromatic rings. The summed E-state index contributed by atoms with van der Waals surface area (Å²) in [6, 6.07) is -0.120. The van der Waals surface area contributed by atoms with Crippen LogP contribution in [0, 0.1) is 0 Å². The van der Waals surface area contributed by atoms with Gasteiger partial charge in [-0.1, -0.05) is 0 Å². The monoisotopic (exact) mass is 211 g/mol. The quantitative estimate of drug-likeness (QED) is 0.609. The van der Waals surface area contributed by atoms with Crippen molar-refractivity contribution < 1.29 is 13.6 Å².